The average Bonchev–Trinajstić information content (AvgIpc) is 3.02. The summed E-state index contributed by atoms with van der Waals surface area (Å²) in [7, 11) is 0. The minimum absolute atomic E-state index is 0.186. The van der Waals surface area contributed by atoms with Gasteiger partial charge in [0.2, 0.25) is 0 Å². The lowest BCUT2D eigenvalue weighted by Gasteiger charge is -2.22. The zero-order valence-electron chi connectivity index (χ0n) is 16.3. The Morgan fingerprint density at radius 3 is 2.26 bits per heavy atom. The third-order valence-corrected chi connectivity index (χ3v) is 6.47. The lowest BCUT2D eigenvalue weighted by molar-refractivity contribution is 0.403. The molecule has 2 heteroatoms. The van der Waals surface area contributed by atoms with E-state index in [1.807, 2.05) is 6.07 Å². The highest BCUT2D eigenvalue weighted by Crippen LogP contribution is 2.50. The van der Waals surface area contributed by atoms with Gasteiger partial charge in [0, 0.05) is 21.5 Å². The van der Waals surface area contributed by atoms with Gasteiger partial charge in [-0.2, -0.15) is 0 Å². The van der Waals surface area contributed by atoms with E-state index in [9.17, 15) is 0 Å². The third kappa shape index (κ3) is 2.38. The maximum absolute atomic E-state index is 6.37. The van der Waals surface area contributed by atoms with E-state index < -0.39 is 0 Å². The average molecular weight is 374 g/mol. The molecule has 1 aliphatic carbocycles. The minimum atomic E-state index is 0.186. The number of halogens is 1. The van der Waals surface area contributed by atoms with Gasteiger partial charge in [-0.1, -0.05) is 69.6 Å². The van der Waals surface area contributed by atoms with Gasteiger partial charge in [0.25, 0.3) is 0 Å². The van der Waals surface area contributed by atoms with Crippen LogP contribution in [0, 0.1) is 0 Å². The molecule has 0 radical (unpaired) electrons. The highest BCUT2D eigenvalue weighted by atomic mass is 35.5. The van der Waals surface area contributed by atoms with Crippen molar-refractivity contribution in [3.63, 3.8) is 0 Å². The normalized spacial score (nSPS) is 17.5. The first-order valence-corrected chi connectivity index (χ1v) is 10.00. The molecule has 1 aromatic heterocycles. The molecule has 0 amide bonds. The van der Waals surface area contributed by atoms with Crippen molar-refractivity contribution in [3.05, 3.63) is 76.8 Å². The Kier molecular flexibility index (Phi) is 3.37. The first-order valence-electron chi connectivity index (χ1n) is 9.62. The van der Waals surface area contributed by atoms with Crippen LogP contribution in [0.5, 0.6) is 0 Å². The molecule has 1 nitrogen and oxygen atoms in total. The molecule has 0 spiro atoms. The Labute approximate surface area is 165 Å². The number of hydrogen-bond acceptors (Lipinski definition) is 0. The van der Waals surface area contributed by atoms with E-state index >= 15 is 0 Å². The van der Waals surface area contributed by atoms with Crippen LogP contribution in [0.15, 0.2) is 60.7 Å². The molecule has 27 heavy (non-hydrogen) atoms. The van der Waals surface area contributed by atoms with Gasteiger partial charge in [-0.05, 0) is 58.7 Å². The number of fused-ring (bicyclic) bond motifs is 4. The van der Waals surface area contributed by atoms with Crippen molar-refractivity contribution in [2.75, 3.05) is 0 Å². The Morgan fingerprint density at radius 1 is 0.741 bits per heavy atom. The highest BCUT2D eigenvalue weighted by molar-refractivity contribution is 6.31. The lowest BCUT2D eigenvalue weighted by Crippen LogP contribution is -2.18. The summed E-state index contributed by atoms with van der Waals surface area (Å²) < 4.78 is 2.36. The fourth-order valence-corrected chi connectivity index (χ4v) is 5.50. The lowest BCUT2D eigenvalue weighted by atomic mass is 9.82. The molecule has 136 valence electrons. The molecule has 0 unspecified atom stereocenters. The van der Waals surface area contributed by atoms with Crippen molar-refractivity contribution in [2.24, 2.45) is 0 Å². The van der Waals surface area contributed by atoms with E-state index in [-0.39, 0.29) is 10.8 Å². The smallest absolute Gasteiger partial charge is 0.0555 e. The van der Waals surface area contributed by atoms with Crippen LogP contribution < -0.4 is 0 Å². The number of rotatable bonds is 1. The molecule has 0 atom stereocenters. The van der Waals surface area contributed by atoms with Crippen LogP contribution >= 0.6 is 11.6 Å². The minimum Gasteiger partial charge on any atom is -0.309 e. The van der Waals surface area contributed by atoms with Crippen LogP contribution in [0.1, 0.15) is 45.2 Å². The standard InChI is InChI=1S/C25H24ClN/c1-24(2)15-25(3,4)21-14-17(10-12-20(21)24)27-22-8-6-5-7-18(22)19-11-9-16(26)13-23(19)27/h5-14H,15H2,1-4H3. The predicted molar refractivity (Wildman–Crippen MR) is 116 cm³/mol. The number of para-hydroxylation sites is 1. The first-order chi connectivity index (χ1) is 12.8. The molecule has 0 saturated heterocycles. The second-order valence-corrected chi connectivity index (χ2v) is 9.62. The zero-order chi connectivity index (χ0) is 19.0. The quantitative estimate of drug-likeness (QED) is 0.327. The van der Waals surface area contributed by atoms with Crippen LogP contribution in [0.3, 0.4) is 0 Å². The van der Waals surface area contributed by atoms with Crippen molar-refractivity contribution in [1.82, 2.24) is 4.57 Å². The van der Waals surface area contributed by atoms with E-state index in [2.05, 4.69) is 86.9 Å². The Morgan fingerprint density at radius 2 is 1.44 bits per heavy atom. The van der Waals surface area contributed by atoms with Crippen molar-refractivity contribution < 1.29 is 0 Å². The summed E-state index contributed by atoms with van der Waals surface area (Å²) in [5.74, 6) is 0. The number of benzene rings is 3. The van der Waals surface area contributed by atoms with Crippen molar-refractivity contribution >= 4 is 33.4 Å². The SMILES string of the molecule is CC1(C)CC(C)(C)c2cc(-n3c4ccccc4c4ccc(Cl)cc43)ccc21. The van der Waals surface area contributed by atoms with Gasteiger partial charge in [0.15, 0.2) is 0 Å². The number of hydrogen-bond donors (Lipinski definition) is 0. The van der Waals surface area contributed by atoms with Gasteiger partial charge >= 0.3 is 0 Å². The van der Waals surface area contributed by atoms with Crippen molar-refractivity contribution in [1.29, 1.82) is 0 Å². The summed E-state index contributed by atoms with van der Waals surface area (Å²) in [4.78, 5) is 0. The molecule has 1 aliphatic rings. The maximum atomic E-state index is 6.37. The highest BCUT2D eigenvalue weighted by Gasteiger charge is 2.41. The van der Waals surface area contributed by atoms with Gasteiger partial charge in [-0.3, -0.25) is 0 Å². The fraction of sp³-hybridized carbons (Fsp3) is 0.280. The predicted octanol–water partition coefficient (Wildman–Crippen LogP) is 7.40. The molecule has 5 rings (SSSR count). The largest absolute Gasteiger partial charge is 0.309 e. The molecule has 0 bridgehead atoms. The second-order valence-electron chi connectivity index (χ2n) is 9.19. The molecule has 0 N–H and O–H groups in total. The van der Waals surface area contributed by atoms with Crippen molar-refractivity contribution in [2.45, 2.75) is 44.9 Å². The molecular formula is C25H24ClN. The van der Waals surface area contributed by atoms with Gasteiger partial charge in [-0.25, -0.2) is 0 Å². The topological polar surface area (TPSA) is 4.93 Å². The molecule has 3 aromatic carbocycles. The van der Waals surface area contributed by atoms with Gasteiger partial charge in [-0.15, -0.1) is 0 Å². The fourth-order valence-electron chi connectivity index (χ4n) is 5.34. The van der Waals surface area contributed by atoms with Crippen molar-refractivity contribution in [3.8, 4) is 5.69 Å². The van der Waals surface area contributed by atoms with Gasteiger partial charge < -0.3 is 4.57 Å². The second kappa shape index (κ2) is 5.39. The number of nitrogens with zero attached hydrogens (tertiary/aromatic N) is 1. The molecule has 0 aliphatic heterocycles. The van der Waals surface area contributed by atoms with E-state index in [1.165, 1.54) is 45.0 Å². The molecule has 0 saturated carbocycles. The molecular weight excluding hydrogens is 350 g/mol. The van der Waals surface area contributed by atoms with Crippen LogP contribution in [0.25, 0.3) is 27.5 Å². The summed E-state index contributed by atoms with van der Waals surface area (Å²) in [5, 5.41) is 3.29. The third-order valence-electron chi connectivity index (χ3n) is 6.24. The van der Waals surface area contributed by atoms with E-state index in [0.29, 0.717) is 0 Å². The van der Waals surface area contributed by atoms with Gasteiger partial charge in [0.1, 0.15) is 0 Å². The summed E-state index contributed by atoms with van der Waals surface area (Å²) >= 11 is 6.37. The van der Waals surface area contributed by atoms with Crippen LogP contribution in [0.4, 0.5) is 0 Å². The summed E-state index contributed by atoms with van der Waals surface area (Å²) in [6.07, 6.45) is 1.18. The summed E-state index contributed by atoms with van der Waals surface area (Å²) in [6.45, 7) is 9.46. The van der Waals surface area contributed by atoms with Crippen LogP contribution in [-0.4, -0.2) is 4.57 Å². The maximum Gasteiger partial charge on any atom is 0.0555 e. The zero-order valence-corrected chi connectivity index (χ0v) is 17.1. The van der Waals surface area contributed by atoms with E-state index in [0.717, 1.165) is 5.02 Å². The summed E-state index contributed by atoms with van der Waals surface area (Å²) in [6, 6.07) is 21.8. The van der Waals surface area contributed by atoms with Gasteiger partial charge in [0.05, 0.1) is 11.0 Å². The molecule has 0 fully saturated rings. The van der Waals surface area contributed by atoms with E-state index in [1.54, 1.807) is 0 Å². The first kappa shape index (κ1) is 16.9. The van der Waals surface area contributed by atoms with Crippen LogP contribution in [0.2, 0.25) is 5.02 Å². The Bertz CT molecular complexity index is 1210. The monoisotopic (exact) mass is 373 g/mol. The van der Waals surface area contributed by atoms with E-state index in [4.69, 9.17) is 11.6 Å². The Balaban J connectivity index is 1.86. The molecule has 1 heterocycles. The number of aromatic nitrogens is 1. The molecule has 4 aromatic rings. The Hall–Kier alpha value is -2.25. The summed E-state index contributed by atoms with van der Waals surface area (Å²) in [5.41, 5.74) is 6.97. The van der Waals surface area contributed by atoms with Crippen LogP contribution in [-0.2, 0) is 10.8 Å².